The van der Waals surface area contributed by atoms with Crippen molar-refractivity contribution in [3.05, 3.63) is 35.9 Å². The summed E-state index contributed by atoms with van der Waals surface area (Å²) in [5.74, 6) is -0.111. The maximum atomic E-state index is 11.9. The molecule has 2 rings (SSSR count). The van der Waals surface area contributed by atoms with Gasteiger partial charge in [-0.1, -0.05) is 36.8 Å². The van der Waals surface area contributed by atoms with Gasteiger partial charge in [0.15, 0.2) is 0 Å². The van der Waals surface area contributed by atoms with E-state index < -0.39 is 11.8 Å². The lowest BCUT2D eigenvalue weighted by molar-refractivity contribution is 0.0689. The number of nitrogens with one attached hydrogen (secondary N) is 1. The molecule has 0 aromatic heterocycles. The number of ether oxygens (including phenoxy) is 1. The molecule has 0 heterocycles. The highest BCUT2D eigenvalue weighted by Crippen LogP contribution is 2.29. The standard InChI is InChI=1S/C15H22N2O3/c16-15(9-5-4-8-13(15)10-18)17-14(19)20-11-12-6-2-1-3-7-12/h1-3,6-7,13,18H,4-5,8-11,16H2,(H,17,19). The van der Waals surface area contributed by atoms with E-state index in [2.05, 4.69) is 5.32 Å². The van der Waals surface area contributed by atoms with Crippen molar-refractivity contribution < 1.29 is 14.6 Å². The number of rotatable bonds is 4. The second kappa shape index (κ2) is 6.72. The second-order valence-electron chi connectivity index (χ2n) is 5.35. The van der Waals surface area contributed by atoms with Crippen molar-refractivity contribution in [1.82, 2.24) is 5.32 Å². The van der Waals surface area contributed by atoms with Gasteiger partial charge in [-0.3, -0.25) is 0 Å². The Bertz CT molecular complexity index is 438. The average molecular weight is 278 g/mol. The predicted molar refractivity (Wildman–Crippen MR) is 75.7 cm³/mol. The molecule has 0 aliphatic heterocycles. The number of hydrogen-bond acceptors (Lipinski definition) is 4. The zero-order valence-electron chi connectivity index (χ0n) is 11.5. The third-order valence-electron chi connectivity index (χ3n) is 3.89. The normalized spacial score (nSPS) is 26.0. The minimum atomic E-state index is -0.860. The molecule has 2 atom stereocenters. The summed E-state index contributed by atoms with van der Waals surface area (Å²) in [6, 6.07) is 9.48. The van der Waals surface area contributed by atoms with Gasteiger partial charge in [-0.2, -0.15) is 0 Å². The number of alkyl carbamates (subject to hydrolysis) is 1. The maximum absolute atomic E-state index is 11.9. The molecule has 110 valence electrons. The van der Waals surface area contributed by atoms with Crippen LogP contribution in [-0.2, 0) is 11.3 Å². The SMILES string of the molecule is NC1(NC(=O)OCc2ccccc2)CCCCC1CO. The first-order valence-electron chi connectivity index (χ1n) is 7.02. The van der Waals surface area contributed by atoms with Crippen LogP contribution in [0.2, 0.25) is 0 Å². The minimum Gasteiger partial charge on any atom is -0.445 e. The number of hydrogen-bond donors (Lipinski definition) is 3. The summed E-state index contributed by atoms with van der Waals surface area (Å²) >= 11 is 0. The van der Waals surface area contributed by atoms with Crippen molar-refractivity contribution in [2.24, 2.45) is 11.7 Å². The quantitative estimate of drug-likeness (QED) is 0.733. The molecule has 1 amide bonds. The van der Waals surface area contributed by atoms with Crippen LogP contribution in [0.25, 0.3) is 0 Å². The fourth-order valence-corrected chi connectivity index (χ4v) is 2.64. The monoisotopic (exact) mass is 278 g/mol. The van der Waals surface area contributed by atoms with Crippen molar-refractivity contribution in [2.45, 2.75) is 38.0 Å². The van der Waals surface area contributed by atoms with E-state index in [1.165, 1.54) is 0 Å². The molecule has 5 nitrogen and oxygen atoms in total. The highest BCUT2D eigenvalue weighted by atomic mass is 16.5. The van der Waals surface area contributed by atoms with Gasteiger partial charge in [0, 0.05) is 12.5 Å². The molecule has 5 heteroatoms. The molecule has 1 aliphatic rings. The topological polar surface area (TPSA) is 84.6 Å². The van der Waals surface area contributed by atoms with Crippen LogP contribution < -0.4 is 11.1 Å². The van der Waals surface area contributed by atoms with Crippen molar-refractivity contribution in [3.8, 4) is 0 Å². The van der Waals surface area contributed by atoms with Gasteiger partial charge in [-0.25, -0.2) is 4.79 Å². The molecule has 0 spiro atoms. The predicted octanol–water partition coefficient (Wildman–Crippen LogP) is 1.75. The molecule has 1 saturated carbocycles. The van der Waals surface area contributed by atoms with E-state index in [0.29, 0.717) is 6.42 Å². The minimum absolute atomic E-state index is 0.0184. The van der Waals surface area contributed by atoms with E-state index in [4.69, 9.17) is 10.5 Å². The molecule has 0 bridgehead atoms. The number of benzene rings is 1. The van der Waals surface area contributed by atoms with E-state index in [9.17, 15) is 9.90 Å². The number of aliphatic hydroxyl groups excluding tert-OH is 1. The van der Waals surface area contributed by atoms with Crippen LogP contribution in [0.3, 0.4) is 0 Å². The highest BCUT2D eigenvalue weighted by Gasteiger charge is 2.38. The molecule has 1 aliphatic carbocycles. The number of nitrogens with two attached hydrogens (primary N) is 1. The van der Waals surface area contributed by atoms with Crippen LogP contribution in [0, 0.1) is 5.92 Å². The van der Waals surface area contributed by atoms with Gasteiger partial charge in [0.25, 0.3) is 0 Å². The first-order chi connectivity index (χ1) is 9.64. The molecule has 0 radical (unpaired) electrons. The first-order valence-corrected chi connectivity index (χ1v) is 7.02. The number of aliphatic hydroxyl groups is 1. The zero-order valence-corrected chi connectivity index (χ0v) is 11.5. The summed E-state index contributed by atoms with van der Waals surface area (Å²) in [5.41, 5.74) is 6.28. The number of carbonyl (C=O) groups excluding carboxylic acids is 1. The Hall–Kier alpha value is -1.59. The molecular weight excluding hydrogens is 256 g/mol. The molecule has 20 heavy (non-hydrogen) atoms. The van der Waals surface area contributed by atoms with E-state index in [1.54, 1.807) is 0 Å². The van der Waals surface area contributed by atoms with Gasteiger partial charge in [-0.05, 0) is 24.8 Å². The van der Waals surface area contributed by atoms with Crippen molar-refractivity contribution >= 4 is 6.09 Å². The molecule has 1 aromatic carbocycles. The molecule has 4 N–H and O–H groups in total. The van der Waals surface area contributed by atoms with Gasteiger partial charge in [0.1, 0.15) is 6.61 Å². The van der Waals surface area contributed by atoms with Gasteiger partial charge in [0.05, 0.1) is 5.66 Å². The lowest BCUT2D eigenvalue weighted by Gasteiger charge is -2.40. The van der Waals surface area contributed by atoms with Crippen LogP contribution in [0.15, 0.2) is 30.3 Å². The Morgan fingerprint density at radius 3 is 2.85 bits per heavy atom. The largest absolute Gasteiger partial charge is 0.445 e. The Balaban J connectivity index is 1.86. The lowest BCUT2D eigenvalue weighted by Crippen LogP contribution is -2.62. The van der Waals surface area contributed by atoms with E-state index in [0.717, 1.165) is 24.8 Å². The summed E-state index contributed by atoms with van der Waals surface area (Å²) in [4.78, 5) is 11.9. The highest BCUT2D eigenvalue weighted by molar-refractivity contribution is 5.68. The fourth-order valence-electron chi connectivity index (χ4n) is 2.64. The third kappa shape index (κ3) is 3.71. The van der Waals surface area contributed by atoms with Crippen LogP contribution in [0.4, 0.5) is 4.79 Å². The zero-order chi connectivity index (χ0) is 14.4. The van der Waals surface area contributed by atoms with Crippen LogP contribution in [-0.4, -0.2) is 23.5 Å². The van der Waals surface area contributed by atoms with Gasteiger partial charge in [0.2, 0.25) is 0 Å². The second-order valence-corrected chi connectivity index (χ2v) is 5.35. The lowest BCUT2D eigenvalue weighted by atomic mass is 9.80. The van der Waals surface area contributed by atoms with E-state index in [1.807, 2.05) is 30.3 Å². The Morgan fingerprint density at radius 2 is 2.15 bits per heavy atom. The van der Waals surface area contributed by atoms with Gasteiger partial charge in [-0.15, -0.1) is 0 Å². The van der Waals surface area contributed by atoms with Crippen LogP contribution >= 0.6 is 0 Å². The maximum Gasteiger partial charge on any atom is 0.408 e. The summed E-state index contributed by atoms with van der Waals surface area (Å²) in [5, 5.41) is 12.1. The number of carbonyl (C=O) groups is 1. The Morgan fingerprint density at radius 1 is 1.40 bits per heavy atom. The molecule has 1 aromatic rings. The third-order valence-corrected chi connectivity index (χ3v) is 3.89. The van der Waals surface area contributed by atoms with Crippen LogP contribution in [0.5, 0.6) is 0 Å². The van der Waals surface area contributed by atoms with E-state index in [-0.39, 0.29) is 19.1 Å². The Labute approximate surface area is 119 Å². The summed E-state index contributed by atoms with van der Waals surface area (Å²) in [6.45, 7) is 0.196. The first kappa shape index (κ1) is 14.8. The van der Waals surface area contributed by atoms with Gasteiger partial charge < -0.3 is 20.9 Å². The number of amides is 1. The van der Waals surface area contributed by atoms with E-state index >= 15 is 0 Å². The molecule has 0 saturated heterocycles. The fraction of sp³-hybridized carbons (Fsp3) is 0.533. The van der Waals surface area contributed by atoms with Crippen LogP contribution in [0.1, 0.15) is 31.2 Å². The summed E-state index contributed by atoms with van der Waals surface area (Å²) < 4.78 is 5.18. The molecular formula is C15H22N2O3. The van der Waals surface area contributed by atoms with Crippen molar-refractivity contribution in [3.63, 3.8) is 0 Å². The molecule has 1 fully saturated rings. The van der Waals surface area contributed by atoms with Crippen molar-refractivity contribution in [1.29, 1.82) is 0 Å². The summed E-state index contributed by atoms with van der Waals surface area (Å²) in [7, 11) is 0. The average Bonchev–Trinajstić information content (AvgIpc) is 2.46. The molecule has 2 unspecified atom stereocenters. The Kier molecular flexibility index (Phi) is 4.98. The van der Waals surface area contributed by atoms with Crippen molar-refractivity contribution in [2.75, 3.05) is 6.61 Å². The summed E-state index contributed by atoms with van der Waals surface area (Å²) in [6.07, 6.45) is 2.94. The van der Waals surface area contributed by atoms with Gasteiger partial charge >= 0.3 is 6.09 Å². The smallest absolute Gasteiger partial charge is 0.408 e.